The molecule has 4 nitrogen and oxygen atoms in total. The third-order valence-corrected chi connectivity index (χ3v) is 5.57. The second-order valence-corrected chi connectivity index (χ2v) is 7.55. The predicted molar refractivity (Wildman–Crippen MR) is 95.8 cm³/mol. The van der Waals surface area contributed by atoms with Gasteiger partial charge in [0.25, 0.3) is 0 Å². The van der Waals surface area contributed by atoms with Gasteiger partial charge in [-0.25, -0.2) is 9.97 Å². The Morgan fingerprint density at radius 2 is 2.00 bits per heavy atom. The lowest BCUT2D eigenvalue weighted by atomic mass is 9.99. The summed E-state index contributed by atoms with van der Waals surface area (Å²) in [6.45, 7) is 7.21. The van der Waals surface area contributed by atoms with E-state index in [2.05, 4.69) is 27.9 Å². The number of likely N-dealkylation sites (tertiary alicyclic amines) is 1. The van der Waals surface area contributed by atoms with Crippen LogP contribution in [-0.2, 0) is 0 Å². The normalized spacial score (nSPS) is 18.4. The summed E-state index contributed by atoms with van der Waals surface area (Å²) in [7, 11) is 0. The van der Waals surface area contributed by atoms with E-state index < -0.39 is 0 Å². The molecule has 1 saturated heterocycles. The second kappa shape index (κ2) is 7.60. The van der Waals surface area contributed by atoms with E-state index >= 15 is 0 Å². The largest absolute Gasteiger partial charge is 0.391 e. The maximum Gasteiger partial charge on any atom is 0.127 e. The van der Waals surface area contributed by atoms with Crippen molar-refractivity contribution >= 4 is 22.7 Å². The number of aliphatic hydroxyl groups excluding tert-OH is 1. The van der Waals surface area contributed by atoms with E-state index in [9.17, 15) is 5.11 Å². The summed E-state index contributed by atoms with van der Waals surface area (Å²) in [6, 6.07) is 8.07. The molecule has 0 aliphatic carbocycles. The zero-order chi connectivity index (χ0) is 16.2. The number of hydrogen-bond acceptors (Lipinski definition) is 5. The Balaban J connectivity index is 1.59. The Morgan fingerprint density at radius 3 is 2.78 bits per heavy atom. The summed E-state index contributed by atoms with van der Waals surface area (Å²) in [6.07, 6.45) is 2.17. The highest BCUT2D eigenvalue weighted by atomic mass is 32.2. The average Bonchev–Trinajstić information content (AvgIpc) is 2.54. The van der Waals surface area contributed by atoms with Gasteiger partial charge in [0.1, 0.15) is 10.9 Å². The number of nitrogens with zero attached hydrogens (tertiary/aromatic N) is 3. The Hall–Kier alpha value is -1.17. The zero-order valence-electron chi connectivity index (χ0n) is 13.9. The van der Waals surface area contributed by atoms with Crippen molar-refractivity contribution in [3.63, 3.8) is 0 Å². The minimum absolute atomic E-state index is 0.317. The van der Waals surface area contributed by atoms with E-state index in [1.807, 2.05) is 25.1 Å². The van der Waals surface area contributed by atoms with Gasteiger partial charge in [-0.2, -0.15) is 0 Å². The molecule has 2 aromatic rings. The number of fused-ring (bicyclic) bond motifs is 1. The van der Waals surface area contributed by atoms with Crippen LogP contribution in [0.15, 0.2) is 29.3 Å². The monoisotopic (exact) mass is 331 g/mol. The predicted octanol–water partition coefficient (Wildman–Crippen LogP) is 3.12. The smallest absolute Gasteiger partial charge is 0.127 e. The lowest BCUT2D eigenvalue weighted by Crippen LogP contribution is -2.39. The van der Waals surface area contributed by atoms with Crippen LogP contribution >= 0.6 is 11.8 Å². The molecule has 23 heavy (non-hydrogen) atoms. The number of aromatic nitrogens is 2. The summed E-state index contributed by atoms with van der Waals surface area (Å²) in [5.41, 5.74) is 0.974. The van der Waals surface area contributed by atoms with Crippen LogP contribution in [0, 0.1) is 12.8 Å². The topological polar surface area (TPSA) is 49.3 Å². The first-order valence-electron chi connectivity index (χ1n) is 8.38. The molecule has 2 heterocycles. The van der Waals surface area contributed by atoms with Crippen LogP contribution < -0.4 is 0 Å². The van der Waals surface area contributed by atoms with E-state index in [0.29, 0.717) is 5.75 Å². The quantitative estimate of drug-likeness (QED) is 0.674. The minimum atomic E-state index is -0.317. The van der Waals surface area contributed by atoms with Crippen LogP contribution in [0.4, 0.5) is 0 Å². The van der Waals surface area contributed by atoms with E-state index in [4.69, 9.17) is 0 Å². The summed E-state index contributed by atoms with van der Waals surface area (Å²) in [4.78, 5) is 11.4. The molecule has 1 aliphatic heterocycles. The molecule has 5 heteroatoms. The summed E-state index contributed by atoms with van der Waals surface area (Å²) >= 11 is 1.63. The van der Waals surface area contributed by atoms with Crippen LogP contribution in [0.1, 0.15) is 25.6 Å². The maximum absolute atomic E-state index is 10.4. The molecule has 1 unspecified atom stereocenters. The summed E-state index contributed by atoms with van der Waals surface area (Å²) < 4.78 is 0. The minimum Gasteiger partial charge on any atom is -0.391 e. The van der Waals surface area contributed by atoms with Crippen molar-refractivity contribution in [2.45, 2.75) is 37.8 Å². The summed E-state index contributed by atoms with van der Waals surface area (Å²) in [5, 5.41) is 12.4. The first kappa shape index (κ1) is 16.7. The van der Waals surface area contributed by atoms with Crippen molar-refractivity contribution < 1.29 is 5.11 Å². The Labute approximate surface area is 142 Å². The number of hydrogen-bond donors (Lipinski definition) is 1. The number of aryl methyl sites for hydroxylation is 1. The van der Waals surface area contributed by atoms with Crippen LogP contribution in [-0.4, -0.2) is 51.5 Å². The Morgan fingerprint density at radius 1 is 1.26 bits per heavy atom. The molecule has 1 atom stereocenters. The fourth-order valence-electron chi connectivity index (χ4n) is 3.04. The highest BCUT2D eigenvalue weighted by molar-refractivity contribution is 7.99. The highest BCUT2D eigenvalue weighted by Gasteiger charge is 2.18. The number of piperidine rings is 1. The van der Waals surface area contributed by atoms with E-state index in [0.717, 1.165) is 47.3 Å². The van der Waals surface area contributed by atoms with Gasteiger partial charge in [-0.15, -0.1) is 11.8 Å². The molecule has 124 valence electrons. The average molecular weight is 331 g/mol. The van der Waals surface area contributed by atoms with Gasteiger partial charge in [-0.1, -0.05) is 25.1 Å². The SMILES string of the molecule is Cc1nc(SCC(O)CN2CCC(C)CC2)c2ccccc2n1. The molecule has 0 bridgehead atoms. The van der Waals surface area contributed by atoms with Gasteiger partial charge in [0.15, 0.2) is 0 Å². The van der Waals surface area contributed by atoms with Crippen molar-refractivity contribution in [1.29, 1.82) is 0 Å². The molecule has 0 spiro atoms. The third kappa shape index (κ3) is 4.43. The van der Waals surface area contributed by atoms with Crippen molar-refractivity contribution in [1.82, 2.24) is 14.9 Å². The van der Waals surface area contributed by atoms with Gasteiger partial charge in [-0.05, 0) is 44.8 Å². The van der Waals surface area contributed by atoms with Gasteiger partial charge in [0.05, 0.1) is 11.6 Å². The molecular weight excluding hydrogens is 306 g/mol. The van der Waals surface area contributed by atoms with Gasteiger partial charge in [0.2, 0.25) is 0 Å². The Bertz CT molecular complexity index is 656. The van der Waals surface area contributed by atoms with Crippen LogP contribution in [0.3, 0.4) is 0 Å². The van der Waals surface area contributed by atoms with E-state index in [-0.39, 0.29) is 6.10 Å². The maximum atomic E-state index is 10.4. The number of benzene rings is 1. The number of rotatable bonds is 5. The second-order valence-electron chi connectivity index (χ2n) is 6.54. The highest BCUT2D eigenvalue weighted by Crippen LogP contribution is 2.26. The van der Waals surface area contributed by atoms with Crippen LogP contribution in [0.2, 0.25) is 0 Å². The van der Waals surface area contributed by atoms with E-state index in [1.54, 1.807) is 11.8 Å². The molecule has 3 rings (SSSR count). The lowest BCUT2D eigenvalue weighted by molar-refractivity contribution is 0.105. The Kier molecular flexibility index (Phi) is 5.51. The molecule has 1 aromatic carbocycles. The van der Waals surface area contributed by atoms with Crippen LogP contribution in [0.25, 0.3) is 10.9 Å². The lowest BCUT2D eigenvalue weighted by Gasteiger charge is -2.31. The third-order valence-electron chi connectivity index (χ3n) is 4.44. The first-order chi connectivity index (χ1) is 11.1. The molecule has 1 fully saturated rings. The fourth-order valence-corrected chi connectivity index (χ4v) is 4.02. The van der Waals surface area contributed by atoms with Gasteiger partial charge in [0, 0.05) is 17.7 Å². The number of para-hydroxylation sites is 1. The first-order valence-corrected chi connectivity index (χ1v) is 9.37. The van der Waals surface area contributed by atoms with Crippen molar-refractivity contribution in [2.24, 2.45) is 5.92 Å². The number of β-amino-alcohol motifs (C(OH)–C–C–N with tert-alkyl or cyclic N) is 1. The molecule has 1 aromatic heterocycles. The molecule has 0 saturated carbocycles. The van der Waals surface area contributed by atoms with Crippen molar-refractivity contribution in [2.75, 3.05) is 25.4 Å². The standard InChI is InChI=1S/C18H25N3OS/c1-13-7-9-21(10-8-13)11-15(22)12-23-18-16-5-3-4-6-17(16)19-14(2)20-18/h3-6,13,15,22H,7-12H2,1-2H3. The van der Waals surface area contributed by atoms with Crippen LogP contribution in [0.5, 0.6) is 0 Å². The van der Waals surface area contributed by atoms with Gasteiger partial charge < -0.3 is 10.0 Å². The van der Waals surface area contributed by atoms with Crippen molar-refractivity contribution in [3.8, 4) is 0 Å². The van der Waals surface area contributed by atoms with Crippen molar-refractivity contribution in [3.05, 3.63) is 30.1 Å². The van der Waals surface area contributed by atoms with E-state index in [1.165, 1.54) is 12.8 Å². The molecule has 1 aliphatic rings. The van der Waals surface area contributed by atoms with Gasteiger partial charge in [-0.3, -0.25) is 0 Å². The molecule has 1 N–H and O–H groups in total. The molecule has 0 amide bonds. The molecular formula is C18H25N3OS. The number of thioether (sulfide) groups is 1. The number of aliphatic hydroxyl groups is 1. The van der Waals surface area contributed by atoms with Gasteiger partial charge >= 0.3 is 0 Å². The molecule has 0 radical (unpaired) electrons. The zero-order valence-corrected chi connectivity index (χ0v) is 14.7. The summed E-state index contributed by atoms with van der Waals surface area (Å²) in [5.74, 6) is 2.28. The fraction of sp³-hybridized carbons (Fsp3) is 0.556.